The molecule has 0 saturated heterocycles. The molecule has 0 unspecified atom stereocenters. The zero-order valence-electron chi connectivity index (χ0n) is 11.5. The summed E-state index contributed by atoms with van der Waals surface area (Å²) >= 11 is 0. The molecule has 0 aliphatic rings. The van der Waals surface area contributed by atoms with Crippen molar-refractivity contribution in [2.45, 2.75) is 26.4 Å². The molecule has 106 valence electrons. The zero-order valence-corrected chi connectivity index (χ0v) is 11.5. The second-order valence-corrected chi connectivity index (χ2v) is 4.92. The van der Waals surface area contributed by atoms with Crippen LogP contribution in [0.15, 0.2) is 24.3 Å². The van der Waals surface area contributed by atoms with E-state index in [0.717, 1.165) is 11.1 Å². The molecule has 2 rings (SSSR count). The van der Waals surface area contributed by atoms with Gasteiger partial charge in [0.25, 0.3) is 0 Å². The van der Waals surface area contributed by atoms with Crippen LogP contribution < -0.4 is 11.1 Å². The van der Waals surface area contributed by atoms with E-state index in [2.05, 4.69) is 25.9 Å². The van der Waals surface area contributed by atoms with Crippen LogP contribution in [0.2, 0.25) is 0 Å². The summed E-state index contributed by atoms with van der Waals surface area (Å²) in [4.78, 5) is 11.7. The van der Waals surface area contributed by atoms with Crippen LogP contribution in [-0.2, 0) is 11.3 Å². The van der Waals surface area contributed by atoms with Gasteiger partial charge in [-0.05, 0) is 16.7 Å². The van der Waals surface area contributed by atoms with E-state index in [1.54, 1.807) is 0 Å². The lowest BCUT2D eigenvalue weighted by molar-refractivity contribution is -0.123. The summed E-state index contributed by atoms with van der Waals surface area (Å²) in [5.74, 6) is 0.528. The Morgan fingerprint density at radius 1 is 1.35 bits per heavy atom. The molecule has 2 aromatic rings. The van der Waals surface area contributed by atoms with E-state index in [-0.39, 0.29) is 11.8 Å². The molecule has 7 nitrogen and oxygen atoms in total. The zero-order chi connectivity index (χ0) is 14.5. The predicted molar refractivity (Wildman–Crippen MR) is 74.3 cm³/mol. The summed E-state index contributed by atoms with van der Waals surface area (Å²) in [5.41, 5.74) is 7.63. The Morgan fingerprint density at radius 2 is 2.05 bits per heavy atom. The van der Waals surface area contributed by atoms with Crippen LogP contribution in [0.5, 0.6) is 0 Å². The first-order chi connectivity index (χ1) is 9.58. The standard InChI is InChI=1S/C13H18N6O/c1-8(2)11(14)13(20)15-7-9-3-5-10(6-4-9)12-16-18-19-17-12/h3-6,8,11H,7,14H2,1-2H3,(H,15,20)(H,16,17,18,19)/t11-/m0/s1. The maximum absolute atomic E-state index is 11.7. The summed E-state index contributed by atoms with van der Waals surface area (Å²) in [6.45, 7) is 4.29. The van der Waals surface area contributed by atoms with Crippen molar-refractivity contribution >= 4 is 5.91 Å². The van der Waals surface area contributed by atoms with Crippen LogP contribution in [0.25, 0.3) is 11.4 Å². The molecule has 1 aromatic carbocycles. The van der Waals surface area contributed by atoms with Gasteiger partial charge >= 0.3 is 0 Å². The minimum Gasteiger partial charge on any atom is -0.351 e. The molecule has 0 aliphatic heterocycles. The Balaban J connectivity index is 1.93. The smallest absolute Gasteiger partial charge is 0.237 e. The van der Waals surface area contributed by atoms with Crippen molar-refractivity contribution in [1.29, 1.82) is 0 Å². The van der Waals surface area contributed by atoms with E-state index in [4.69, 9.17) is 5.73 Å². The maximum Gasteiger partial charge on any atom is 0.237 e. The minimum atomic E-state index is -0.478. The molecule has 0 saturated carbocycles. The number of nitrogens with one attached hydrogen (secondary N) is 2. The highest BCUT2D eigenvalue weighted by Gasteiger charge is 2.16. The van der Waals surface area contributed by atoms with E-state index >= 15 is 0 Å². The van der Waals surface area contributed by atoms with Crippen LogP contribution in [0.4, 0.5) is 0 Å². The Kier molecular flexibility index (Phi) is 4.41. The monoisotopic (exact) mass is 274 g/mol. The molecule has 1 amide bonds. The number of carbonyl (C=O) groups is 1. The summed E-state index contributed by atoms with van der Waals surface area (Å²) in [5, 5.41) is 16.5. The molecular weight excluding hydrogens is 256 g/mol. The summed E-state index contributed by atoms with van der Waals surface area (Å²) in [6.07, 6.45) is 0. The lowest BCUT2D eigenvalue weighted by atomic mass is 10.0. The number of amides is 1. The van der Waals surface area contributed by atoms with Crippen molar-refractivity contribution in [1.82, 2.24) is 25.9 Å². The van der Waals surface area contributed by atoms with Crippen molar-refractivity contribution < 1.29 is 4.79 Å². The van der Waals surface area contributed by atoms with Gasteiger partial charge in [0, 0.05) is 12.1 Å². The van der Waals surface area contributed by atoms with Crippen molar-refractivity contribution in [2.24, 2.45) is 11.7 Å². The predicted octanol–water partition coefficient (Wildman–Crippen LogP) is 0.466. The number of nitrogens with zero attached hydrogens (tertiary/aromatic N) is 3. The quantitative estimate of drug-likeness (QED) is 0.734. The number of carbonyl (C=O) groups excluding carboxylic acids is 1. The molecule has 0 aliphatic carbocycles. The van der Waals surface area contributed by atoms with Crippen LogP contribution in [-0.4, -0.2) is 32.6 Å². The maximum atomic E-state index is 11.7. The Bertz CT molecular complexity index is 549. The number of nitrogens with two attached hydrogens (primary N) is 1. The Hall–Kier alpha value is -2.28. The van der Waals surface area contributed by atoms with Gasteiger partial charge in [-0.1, -0.05) is 38.1 Å². The second kappa shape index (κ2) is 6.25. The molecule has 0 fully saturated rings. The normalized spacial score (nSPS) is 12.4. The van der Waals surface area contributed by atoms with Crippen molar-refractivity contribution in [3.63, 3.8) is 0 Å². The number of rotatable bonds is 5. The lowest BCUT2D eigenvalue weighted by Gasteiger charge is -2.15. The van der Waals surface area contributed by atoms with Crippen LogP contribution in [0.3, 0.4) is 0 Å². The highest BCUT2D eigenvalue weighted by Crippen LogP contribution is 2.13. The van der Waals surface area contributed by atoms with E-state index < -0.39 is 6.04 Å². The fourth-order valence-electron chi connectivity index (χ4n) is 1.67. The van der Waals surface area contributed by atoms with Crippen molar-refractivity contribution in [3.05, 3.63) is 29.8 Å². The molecule has 1 aromatic heterocycles. The molecule has 7 heteroatoms. The number of benzene rings is 1. The number of hydrogen-bond acceptors (Lipinski definition) is 5. The molecule has 0 radical (unpaired) electrons. The number of aromatic amines is 1. The summed E-state index contributed by atoms with van der Waals surface area (Å²) in [6, 6.07) is 7.11. The number of hydrogen-bond donors (Lipinski definition) is 3. The van der Waals surface area contributed by atoms with Gasteiger partial charge in [0.15, 0.2) is 0 Å². The molecule has 4 N–H and O–H groups in total. The van der Waals surface area contributed by atoms with Crippen LogP contribution in [0, 0.1) is 5.92 Å². The van der Waals surface area contributed by atoms with E-state index in [1.807, 2.05) is 38.1 Å². The fourth-order valence-corrected chi connectivity index (χ4v) is 1.67. The summed E-state index contributed by atoms with van der Waals surface area (Å²) in [7, 11) is 0. The van der Waals surface area contributed by atoms with Crippen LogP contribution in [0.1, 0.15) is 19.4 Å². The highest BCUT2D eigenvalue weighted by atomic mass is 16.2. The van der Waals surface area contributed by atoms with Gasteiger partial charge in [0.1, 0.15) is 0 Å². The topological polar surface area (TPSA) is 110 Å². The first kappa shape index (κ1) is 14.1. The van der Waals surface area contributed by atoms with E-state index in [0.29, 0.717) is 12.4 Å². The SMILES string of the molecule is CC(C)[C@H](N)C(=O)NCc1ccc(-c2nn[nH]n2)cc1. The molecule has 1 atom stereocenters. The largest absolute Gasteiger partial charge is 0.351 e. The highest BCUT2D eigenvalue weighted by molar-refractivity contribution is 5.81. The van der Waals surface area contributed by atoms with Gasteiger partial charge in [-0.15, -0.1) is 10.2 Å². The Labute approximate surface area is 117 Å². The average molecular weight is 274 g/mol. The van der Waals surface area contributed by atoms with Gasteiger partial charge in [0.2, 0.25) is 11.7 Å². The molecule has 1 heterocycles. The Morgan fingerprint density at radius 3 is 2.60 bits per heavy atom. The fraction of sp³-hybridized carbons (Fsp3) is 0.385. The molecule has 20 heavy (non-hydrogen) atoms. The third-order valence-corrected chi connectivity index (χ3v) is 3.05. The third kappa shape index (κ3) is 3.39. The second-order valence-electron chi connectivity index (χ2n) is 4.92. The van der Waals surface area contributed by atoms with Crippen molar-refractivity contribution in [2.75, 3.05) is 0 Å². The van der Waals surface area contributed by atoms with E-state index in [9.17, 15) is 4.79 Å². The molecule has 0 bridgehead atoms. The third-order valence-electron chi connectivity index (χ3n) is 3.05. The van der Waals surface area contributed by atoms with Gasteiger partial charge in [-0.25, -0.2) is 0 Å². The molecule has 0 spiro atoms. The molecular formula is C13H18N6O. The van der Waals surface area contributed by atoms with Gasteiger partial charge in [-0.2, -0.15) is 5.21 Å². The van der Waals surface area contributed by atoms with Crippen molar-refractivity contribution in [3.8, 4) is 11.4 Å². The lowest BCUT2D eigenvalue weighted by Crippen LogP contribution is -2.43. The average Bonchev–Trinajstić information content (AvgIpc) is 2.98. The minimum absolute atomic E-state index is 0.121. The number of tetrazole rings is 1. The first-order valence-corrected chi connectivity index (χ1v) is 6.44. The van der Waals surface area contributed by atoms with Gasteiger partial charge in [0.05, 0.1) is 6.04 Å². The van der Waals surface area contributed by atoms with Gasteiger partial charge in [-0.3, -0.25) is 4.79 Å². The number of aromatic nitrogens is 4. The number of H-pyrrole nitrogens is 1. The van der Waals surface area contributed by atoms with Crippen LogP contribution >= 0.6 is 0 Å². The first-order valence-electron chi connectivity index (χ1n) is 6.44. The summed E-state index contributed by atoms with van der Waals surface area (Å²) < 4.78 is 0. The van der Waals surface area contributed by atoms with Gasteiger partial charge < -0.3 is 11.1 Å². The van der Waals surface area contributed by atoms with E-state index in [1.165, 1.54) is 0 Å².